The average molecular weight is 276 g/mol. The number of carbonyl (C=O) groups excluding carboxylic acids is 1. The third-order valence-electron chi connectivity index (χ3n) is 4.48. The van der Waals surface area contributed by atoms with E-state index < -0.39 is 0 Å². The molecular weight excluding hydrogens is 252 g/mol. The van der Waals surface area contributed by atoms with Gasteiger partial charge in [-0.25, -0.2) is 4.79 Å². The van der Waals surface area contributed by atoms with Crippen LogP contribution in [0.5, 0.6) is 0 Å². The van der Waals surface area contributed by atoms with E-state index in [1.165, 1.54) is 24.8 Å². The van der Waals surface area contributed by atoms with Gasteiger partial charge in [0, 0.05) is 13.1 Å². The highest BCUT2D eigenvalue weighted by atomic mass is 16.2. The minimum atomic E-state index is 0.0966. The molecule has 1 aromatic rings. The number of aryl methyl sites for hydroxylation is 1. The van der Waals surface area contributed by atoms with Crippen LogP contribution in [-0.4, -0.2) is 34.2 Å². The highest BCUT2D eigenvalue weighted by Crippen LogP contribution is 2.27. The van der Waals surface area contributed by atoms with E-state index in [2.05, 4.69) is 15.5 Å². The van der Waals surface area contributed by atoms with E-state index in [-0.39, 0.29) is 12.1 Å². The van der Waals surface area contributed by atoms with Crippen LogP contribution >= 0.6 is 0 Å². The molecule has 1 fully saturated rings. The van der Waals surface area contributed by atoms with Gasteiger partial charge in [0.2, 0.25) is 0 Å². The number of aromatic nitrogens is 2. The van der Waals surface area contributed by atoms with Gasteiger partial charge in [-0.2, -0.15) is 5.10 Å². The predicted octanol–water partition coefficient (Wildman–Crippen LogP) is 2.76. The van der Waals surface area contributed by atoms with Crippen LogP contribution < -0.4 is 5.32 Å². The number of fused-ring (bicyclic) bond motifs is 1. The lowest BCUT2D eigenvalue weighted by Crippen LogP contribution is -2.43. The monoisotopic (exact) mass is 276 g/mol. The largest absolute Gasteiger partial charge is 0.330 e. The quantitative estimate of drug-likeness (QED) is 0.828. The number of hydrogen-bond donors (Lipinski definition) is 2. The van der Waals surface area contributed by atoms with Crippen LogP contribution in [0.4, 0.5) is 4.79 Å². The molecule has 2 N–H and O–H groups in total. The SMILES string of the molecule is O=C(NC1CCCc2cn[nH]c21)N1CCCCCCC1. The minimum Gasteiger partial charge on any atom is -0.330 e. The van der Waals surface area contributed by atoms with Crippen LogP contribution in [0, 0.1) is 0 Å². The van der Waals surface area contributed by atoms with Crippen LogP contribution in [0.2, 0.25) is 0 Å². The molecule has 3 rings (SSSR count). The predicted molar refractivity (Wildman–Crippen MR) is 77.5 cm³/mol. The summed E-state index contributed by atoms with van der Waals surface area (Å²) in [5.74, 6) is 0. The van der Waals surface area contributed by atoms with Crippen molar-refractivity contribution in [3.05, 3.63) is 17.5 Å². The van der Waals surface area contributed by atoms with Gasteiger partial charge >= 0.3 is 6.03 Å². The molecule has 1 unspecified atom stereocenters. The third-order valence-corrected chi connectivity index (χ3v) is 4.48. The Morgan fingerprint density at radius 2 is 1.95 bits per heavy atom. The fourth-order valence-corrected chi connectivity index (χ4v) is 3.30. The van der Waals surface area contributed by atoms with E-state index in [4.69, 9.17) is 0 Å². The van der Waals surface area contributed by atoms with Gasteiger partial charge in [0.25, 0.3) is 0 Å². The number of carbonyl (C=O) groups is 1. The van der Waals surface area contributed by atoms with Gasteiger partial charge in [0.1, 0.15) is 0 Å². The Morgan fingerprint density at radius 1 is 1.20 bits per heavy atom. The molecule has 1 aliphatic carbocycles. The lowest BCUT2D eigenvalue weighted by Gasteiger charge is -2.29. The first-order valence-corrected chi connectivity index (χ1v) is 7.92. The fourth-order valence-electron chi connectivity index (χ4n) is 3.30. The van der Waals surface area contributed by atoms with Gasteiger partial charge in [0.05, 0.1) is 17.9 Å². The normalized spacial score (nSPS) is 23.6. The lowest BCUT2D eigenvalue weighted by molar-refractivity contribution is 0.186. The second kappa shape index (κ2) is 6.29. The topological polar surface area (TPSA) is 61.0 Å². The third kappa shape index (κ3) is 2.97. The number of nitrogens with zero attached hydrogens (tertiary/aromatic N) is 2. The Hall–Kier alpha value is -1.52. The van der Waals surface area contributed by atoms with Crippen molar-refractivity contribution in [2.45, 2.75) is 57.4 Å². The summed E-state index contributed by atoms with van der Waals surface area (Å²) in [6.07, 6.45) is 11.2. The number of nitrogens with one attached hydrogen (secondary N) is 2. The van der Waals surface area contributed by atoms with E-state index in [0.717, 1.165) is 50.9 Å². The molecule has 5 nitrogen and oxygen atoms in total. The molecule has 0 bridgehead atoms. The Morgan fingerprint density at radius 3 is 2.75 bits per heavy atom. The van der Waals surface area contributed by atoms with Gasteiger partial charge in [-0.3, -0.25) is 5.10 Å². The van der Waals surface area contributed by atoms with E-state index in [1.54, 1.807) is 0 Å². The summed E-state index contributed by atoms with van der Waals surface area (Å²) in [4.78, 5) is 14.4. The Bertz CT molecular complexity index is 448. The fraction of sp³-hybridized carbons (Fsp3) is 0.733. The maximum Gasteiger partial charge on any atom is 0.317 e. The number of amides is 2. The minimum absolute atomic E-state index is 0.0966. The Balaban J connectivity index is 1.61. The summed E-state index contributed by atoms with van der Waals surface area (Å²) in [6, 6.07) is 0.207. The second-order valence-corrected chi connectivity index (χ2v) is 5.96. The molecule has 2 heterocycles. The van der Waals surface area contributed by atoms with Crippen LogP contribution in [0.1, 0.15) is 62.2 Å². The van der Waals surface area contributed by atoms with Gasteiger partial charge < -0.3 is 10.2 Å². The summed E-state index contributed by atoms with van der Waals surface area (Å²) >= 11 is 0. The molecule has 20 heavy (non-hydrogen) atoms. The smallest absolute Gasteiger partial charge is 0.317 e. The zero-order chi connectivity index (χ0) is 13.8. The van der Waals surface area contributed by atoms with Crippen molar-refractivity contribution in [1.82, 2.24) is 20.4 Å². The zero-order valence-corrected chi connectivity index (χ0v) is 12.0. The number of aromatic amines is 1. The molecule has 2 aliphatic rings. The standard InChI is InChI=1S/C15H24N4O/c20-15(19-9-4-2-1-3-5-10-19)17-13-8-6-7-12-11-16-18-14(12)13/h11,13H,1-10H2,(H,16,18)(H,17,20). The lowest BCUT2D eigenvalue weighted by atomic mass is 9.94. The number of urea groups is 1. The maximum absolute atomic E-state index is 12.4. The molecule has 0 aromatic carbocycles. The zero-order valence-electron chi connectivity index (χ0n) is 12.0. The molecule has 1 atom stereocenters. The molecule has 1 saturated heterocycles. The first-order chi connectivity index (χ1) is 9.84. The van der Waals surface area contributed by atoms with E-state index in [0.29, 0.717) is 0 Å². The van der Waals surface area contributed by atoms with E-state index >= 15 is 0 Å². The first kappa shape index (κ1) is 13.5. The second-order valence-electron chi connectivity index (χ2n) is 5.96. The number of rotatable bonds is 1. The molecule has 0 saturated carbocycles. The summed E-state index contributed by atoms with van der Waals surface area (Å²) in [7, 11) is 0. The highest BCUT2D eigenvalue weighted by Gasteiger charge is 2.25. The molecule has 110 valence electrons. The van der Waals surface area contributed by atoms with Crippen LogP contribution in [0.15, 0.2) is 6.20 Å². The van der Waals surface area contributed by atoms with Gasteiger partial charge in [-0.1, -0.05) is 19.3 Å². The summed E-state index contributed by atoms with van der Waals surface area (Å²) in [5.41, 5.74) is 2.37. The number of hydrogen-bond acceptors (Lipinski definition) is 2. The molecule has 0 spiro atoms. The maximum atomic E-state index is 12.4. The van der Waals surface area contributed by atoms with Crippen molar-refractivity contribution >= 4 is 6.03 Å². The number of H-pyrrole nitrogens is 1. The molecule has 1 aliphatic heterocycles. The average Bonchev–Trinajstić information content (AvgIpc) is 2.87. The van der Waals surface area contributed by atoms with Crippen molar-refractivity contribution in [1.29, 1.82) is 0 Å². The van der Waals surface area contributed by atoms with Crippen molar-refractivity contribution in [2.24, 2.45) is 0 Å². The number of likely N-dealkylation sites (tertiary alicyclic amines) is 1. The summed E-state index contributed by atoms with van der Waals surface area (Å²) in [5, 5.41) is 10.4. The van der Waals surface area contributed by atoms with E-state index in [9.17, 15) is 4.79 Å². The van der Waals surface area contributed by atoms with Crippen molar-refractivity contribution in [3.63, 3.8) is 0 Å². The van der Waals surface area contributed by atoms with Gasteiger partial charge in [-0.15, -0.1) is 0 Å². The molecule has 2 amide bonds. The first-order valence-electron chi connectivity index (χ1n) is 7.92. The van der Waals surface area contributed by atoms with Crippen LogP contribution in [-0.2, 0) is 6.42 Å². The van der Waals surface area contributed by atoms with Crippen molar-refractivity contribution in [2.75, 3.05) is 13.1 Å². The molecule has 5 heteroatoms. The van der Waals surface area contributed by atoms with Gasteiger partial charge in [-0.05, 0) is 37.7 Å². The molecule has 0 radical (unpaired) electrons. The highest BCUT2D eigenvalue weighted by molar-refractivity contribution is 5.74. The van der Waals surface area contributed by atoms with Crippen LogP contribution in [0.25, 0.3) is 0 Å². The van der Waals surface area contributed by atoms with Gasteiger partial charge in [0.15, 0.2) is 0 Å². The summed E-state index contributed by atoms with van der Waals surface area (Å²) < 4.78 is 0. The van der Waals surface area contributed by atoms with Crippen molar-refractivity contribution < 1.29 is 4.79 Å². The molecule has 1 aromatic heterocycles. The Kier molecular flexibility index (Phi) is 4.23. The van der Waals surface area contributed by atoms with E-state index in [1.807, 2.05) is 11.1 Å². The molecular formula is C15H24N4O. The van der Waals surface area contributed by atoms with Crippen molar-refractivity contribution in [3.8, 4) is 0 Å². The Labute approximate surface area is 120 Å². The van der Waals surface area contributed by atoms with Crippen LogP contribution in [0.3, 0.4) is 0 Å². The summed E-state index contributed by atoms with van der Waals surface area (Å²) in [6.45, 7) is 1.79.